The zero-order valence-electron chi connectivity index (χ0n) is 16.2. The maximum absolute atomic E-state index is 5.71. The summed E-state index contributed by atoms with van der Waals surface area (Å²) in [6.07, 6.45) is 1.97. The molecule has 0 aliphatic heterocycles. The van der Waals surface area contributed by atoms with Crippen LogP contribution in [0.2, 0.25) is 0 Å². The van der Waals surface area contributed by atoms with Crippen LogP contribution in [0.15, 0.2) is 34.6 Å². The number of hydrogen-bond acceptors (Lipinski definition) is 5. The van der Waals surface area contributed by atoms with Gasteiger partial charge in [0.05, 0.1) is 18.7 Å². The van der Waals surface area contributed by atoms with Crippen LogP contribution in [0.25, 0.3) is 0 Å². The van der Waals surface area contributed by atoms with E-state index in [9.17, 15) is 0 Å². The summed E-state index contributed by atoms with van der Waals surface area (Å²) in [4.78, 5) is 9.08. The van der Waals surface area contributed by atoms with Gasteiger partial charge in [-0.1, -0.05) is 0 Å². The molecule has 0 spiro atoms. The maximum Gasteiger partial charge on any atom is 0.191 e. The first-order valence-electron chi connectivity index (χ1n) is 8.91. The second-order valence-electron chi connectivity index (χ2n) is 5.70. The van der Waals surface area contributed by atoms with E-state index in [4.69, 9.17) is 9.47 Å². The normalized spacial score (nSPS) is 10.9. The Hall–Kier alpha value is -1.55. The van der Waals surface area contributed by atoms with Crippen molar-refractivity contribution in [2.45, 2.75) is 26.7 Å². The van der Waals surface area contributed by atoms with E-state index in [1.807, 2.05) is 31.2 Å². The third-order valence-electron chi connectivity index (χ3n) is 3.55. The summed E-state index contributed by atoms with van der Waals surface area (Å²) in [5.74, 6) is 2.47. The quantitative estimate of drug-likeness (QED) is 0.224. The van der Waals surface area contributed by atoms with Crippen molar-refractivity contribution in [2.75, 3.05) is 33.4 Å². The molecule has 2 N–H and O–H groups in total. The van der Waals surface area contributed by atoms with Gasteiger partial charge in [-0.05, 0) is 44.5 Å². The topological polar surface area (TPSA) is 67.8 Å². The fraction of sp³-hybridized carbons (Fsp3) is 0.474. The number of aliphatic imine (C=N–C) groups is 1. The minimum atomic E-state index is 0. The summed E-state index contributed by atoms with van der Waals surface area (Å²) in [5.41, 5.74) is 1.10. The molecule has 0 fully saturated rings. The number of methoxy groups -OCH3 is 1. The molecular formula is C19H29IN4O2S. The van der Waals surface area contributed by atoms with Crippen LogP contribution in [0.5, 0.6) is 11.5 Å². The molecule has 0 aliphatic rings. The van der Waals surface area contributed by atoms with Gasteiger partial charge in [0.2, 0.25) is 0 Å². The zero-order valence-corrected chi connectivity index (χ0v) is 19.3. The van der Waals surface area contributed by atoms with Gasteiger partial charge in [0.25, 0.3) is 0 Å². The lowest BCUT2D eigenvalue weighted by Gasteiger charge is -2.12. The molecule has 27 heavy (non-hydrogen) atoms. The molecule has 1 aromatic heterocycles. The lowest BCUT2D eigenvalue weighted by molar-refractivity contribution is 0.321. The van der Waals surface area contributed by atoms with Crippen LogP contribution < -0.4 is 20.1 Å². The van der Waals surface area contributed by atoms with Gasteiger partial charge in [0, 0.05) is 30.6 Å². The predicted octanol–water partition coefficient (Wildman–Crippen LogP) is 3.64. The van der Waals surface area contributed by atoms with Gasteiger partial charge in [0.1, 0.15) is 18.1 Å². The van der Waals surface area contributed by atoms with Crippen molar-refractivity contribution < 1.29 is 9.47 Å². The zero-order chi connectivity index (χ0) is 18.6. The largest absolute Gasteiger partial charge is 0.497 e. The van der Waals surface area contributed by atoms with E-state index in [1.165, 1.54) is 5.01 Å². The second-order valence-corrected chi connectivity index (χ2v) is 6.64. The summed E-state index contributed by atoms with van der Waals surface area (Å²) >= 11 is 1.72. The Morgan fingerprint density at radius 2 is 1.93 bits per heavy atom. The smallest absolute Gasteiger partial charge is 0.191 e. The SMILES string of the molecule is CCNC(=NCCCc1nc(C)cs1)NCCOc1ccc(OC)cc1.I. The number of aryl methyl sites for hydroxylation is 2. The molecule has 0 aliphatic carbocycles. The molecule has 0 bridgehead atoms. The van der Waals surface area contributed by atoms with Gasteiger partial charge in [0.15, 0.2) is 5.96 Å². The van der Waals surface area contributed by atoms with Crippen molar-refractivity contribution in [3.05, 3.63) is 40.3 Å². The van der Waals surface area contributed by atoms with Gasteiger partial charge in [-0.3, -0.25) is 4.99 Å². The van der Waals surface area contributed by atoms with Crippen molar-refractivity contribution in [3.63, 3.8) is 0 Å². The molecule has 150 valence electrons. The molecule has 0 saturated carbocycles. The summed E-state index contributed by atoms with van der Waals surface area (Å²) in [6, 6.07) is 7.58. The Morgan fingerprint density at radius 1 is 1.19 bits per heavy atom. The van der Waals surface area contributed by atoms with E-state index in [0.717, 1.165) is 49.1 Å². The summed E-state index contributed by atoms with van der Waals surface area (Å²) in [6.45, 7) is 6.94. The summed E-state index contributed by atoms with van der Waals surface area (Å²) in [7, 11) is 1.65. The van der Waals surface area contributed by atoms with E-state index in [0.29, 0.717) is 13.2 Å². The number of aromatic nitrogens is 1. The first-order valence-corrected chi connectivity index (χ1v) is 9.79. The molecule has 0 atom stereocenters. The predicted molar refractivity (Wildman–Crippen MR) is 123 cm³/mol. The number of hydrogen-bond donors (Lipinski definition) is 2. The Balaban J connectivity index is 0.00000364. The highest BCUT2D eigenvalue weighted by Gasteiger charge is 2.00. The number of benzene rings is 1. The Bertz CT molecular complexity index is 677. The summed E-state index contributed by atoms with van der Waals surface area (Å²) in [5, 5.41) is 9.82. The van der Waals surface area contributed by atoms with Gasteiger partial charge in [-0.15, -0.1) is 35.3 Å². The number of halogens is 1. The number of rotatable bonds is 10. The third kappa shape index (κ3) is 9.28. The summed E-state index contributed by atoms with van der Waals surface area (Å²) < 4.78 is 10.8. The molecule has 0 saturated heterocycles. The highest BCUT2D eigenvalue weighted by molar-refractivity contribution is 14.0. The number of nitrogens with zero attached hydrogens (tertiary/aromatic N) is 2. The molecular weight excluding hydrogens is 475 g/mol. The monoisotopic (exact) mass is 504 g/mol. The molecule has 8 heteroatoms. The van der Waals surface area contributed by atoms with E-state index in [2.05, 4.69) is 32.9 Å². The van der Waals surface area contributed by atoms with Crippen LogP contribution in [0.1, 0.15) is 24.0 Å². The number of thiazole rings is 1. The van der Waals surface area contributed by atoms with E-state index in [-0.39, 0.29) is 24.0 Å². The average molecular weight is 504 g/mol. The Labute approximate surface area is 182 Å². The van der Waals surface area contributed by atoms with Crippen LogP contribution in [0.3, 0.4) is 0 Å². The second kappa shape index (κ2) is 13.6. The number of guanidine groups is 1. The molecule has 2 aromatic rings. The average Bonchev–Trinajstić information content (AvgIpc) is 3.07. The van der Waals surface area contributed by atoms with E-state index in [1.54, 1.807) is 18.4 Å². The molecule has 1 aromatic carbocycles. The first-order chi connectivity index (χ1) is 12.7. The van der Waals surface area contributed by atoms with E-state index < -0.39 is 0 Å². The van der Waals surface area contributed by atoms with Crippen LogP contribution in [-0.4, -0.2) is 44.3 Å². The van der Waals surface area contributed by atoms with Gasteiger partial charge in [-0.25, -0.2) is 4.98 Å². The highest BCUT2D eigenvalue weighted by atomic mass is 127. The van der Waals surface area contributed by atoms with Gasteiger partial charge < -0.3 is 20.1 Å². The number of ether oxygens (including phenoxy) is 2. The van der Waals surface area contributed by atoms with Crippen LogP contribution >= 0.6 is 35.3 Å². The lowest BCUT2D eigenvalue weighted by Crippen LogP contribution is -2.39. The Morgan fingerprint density at radius 3 is 2.56 bits per heavy atom. The molecule has 6 nitrogen and oxygen atoms in total. The van der Waals surface area contributed by atoms with Crippen molar-refractivity contribution in [2.24, 2.45) is 4.99 Å². The van der Waals surface area contributed by atoms with Crippen LogP contribution in [0, 0.1) is 6.92 Å². The molecule has 0 amide bonds. The first kappa shape index (κ1) is 23.5. The minimum absolute atomic E-state index is 0. The van der Waals surface area contributed by atoms with Crippen molar-refractivity contribution in [3.8, 4) is 11.5 Å². The van der Waals surface area contributed by atoms with Gasteiger partial charge in [-0.2, -0.15) is 0 Å². The minimum Gasteiger partial charge on any atom is -0.497 e. The number of nitrogens with one attached hydrogen (secondary N) is 2. The fourth-order valence-corrected chi connectivity index (χ4v) is 3.11. The fourth-order valence-electron chi connectivity index (χ4n) is 2.29. The third-order valence-corrected chi connectivity index (χ3v) is 4.58. The van der Waals surface area contributed by atoms with Crippen LogP contribution in [-0.2, 0) is 6.42 Å². The van der Waals surface area contributed by atoms with Crippen molar-refractivity contribution in [1.29, 1.82) is 0 Å². The standard InChI is InChI=1S/C19H28N4O2S.HI/c1-4-20-19(21-11-5-6-18-23-15(2)14-26-18)22-12-13-25-17-9-7-16(24-3)8-10-17;/h7-10,14H,4-6,11-13H2,1-3H3,(H2,20,21,22);1H. The Kier molecular flexibility index (Phi) is 11.8. The molecule has 0 radical (unpaired) electrons. The molecule has 1 heterocycles. The van der Waals surface area contributed by atoms with Crippen molar-refractivity contribution in [1.82, 2.24) is 15.6 Å². The highest BCUT2D eigenvalue weighted by Crippen LogP contribution is 2.16. The van der Waals surface area contributed by atoms with E-state index >= 15 is 0 Å². The lowest BCUT2D eigenvalue weighted by atomic mass is 10.3. The van der Waals surface area contributed by atoms with Gasteiger partial charge >= 0.3 is 0 Å². The van der Waals surface area contributed by atoms with Crippen molar-refractivity contribution >= 4 is 41.3 Å². The molecule has 0 unspecified atom stereocenters. The maximum atomic E-state index is 5.71. The molecule has 2 rings (SSSR count). The van der Waals surface area contributed by atoms with Crippen LogP contribution in [0.4, 0.5) is 0 Å².